The Morgan fingerprint density at radius 3 is 3.07 bits per heavy atom. The first-order valence-corrected chi connectivity index (χ1v) is 6.58. The molecule has 1 aromatic rings. The maximum atomic E-state index is 6.03. The van der Waals surface area contributed by atoms with Crippen LogP contribution in [0, 0.1) is 6.92 Å². The van der Waals surface area contributed by atoms with Crippen molar-refractivity contribution in [1.82, 2.24) is 4.98 Å². The summed E-state index contributed by atoms with van der Waals surface area (Å²) in [6.07, 6.45) is 2.99. The Morgan fingerprint density at radius 1 is 1.60 bits per heavy atom. The van der Waals surface area contributed by atoms with E-state index in [1.165, 1.54) is 6.42 Å². The van der Waals surface area contributed by atoms with E-state index in [1.807, 2.05) is 18.7 Å². The van der Waals surface area contributed by atoms with Crippen molar-refractivity contribution in [2.24, 2.45) is 0 Å². The molecule has 0 saturated carbocycles. The zero-order valence-corrected chi connectivity index (χ0v) is 10.5. The molecule has 1 saturated heterocycles. The van der Waals surface area contributed by atoms with Gasteiger partial charge >= 0.3 is 0 Å². The molecule has 0 bridgehead atoms. The Kier molecular flexibility index (Phi) is 3.42. The molecule has 0 amide bonds. The molecular weight excluding hydrogens is 228 g/mol. The van der Waals surface area contributed by atoms with E-state index >= 15 is 0 Å². The van der Waals surface area contributed by atoms with Crippen molar-refractivity contribution >= 4 is 29.1 Å². The molecular formula is C11H15ClN2S. The minimum atomic E-state index is 0.533. The lowest BCUT2D eigenvalue weighted by Crippen LogP contribution is -2.19. The number of nitrogens with zero attached hydrogens (tertiary/aromatic N) is 1. The van der Waals surface area contributed by atoms with E-state index in [9.17, 15) is 0 Å². The zero-order chi connectivity index (χ0) is 10.8. The Labute approximate surface area is 99.8 Å². The maximum Gasteiger partial charge on any atom is 0.152 e. The van der Waals surface area contributed by atoms with Gasteiger partial charge in [0.15, 0.2) is 5.15 Å². The molecule has 1 N–H and O–H groups in total. The smallest absolute Gasteiger partial charge is 0.152 e. The number of hydrogen-bond acceptors (Lipinski definition) is 3. The van der Waals surface area contributed by atoms with Gasteiger partial charge in [-0.2, -0.15) is 11.8 Å². The average Bonchev–Trinajstić information content (AvgIpc) is 2.58. The summed E-state index contributed by atoms with van der Waals surface area (Å²) in [6, 6.07) is 2.59. The standard InChI is InChI=1S/C11H15ClN2S/c1-7-3-10(11(12)13-5-7)14-9-4-8(2)15-6-9/h3,5,8-9,14H,4,6H2,1-2H3. The number of aromatic nitrogens is 1. The van der Waals surface area contributed by atoms with Crippen molar-refractivity contribution in [2.75, 3.05) is 11.1 Å². The van der Waals surface area contributed by atoms with E-state index in [-0.39, 0.29) is 0 Å². The molecule has 2 unspecified atom stereocenters. The number of hydrogen-bond donors (Lipinski definition) is 1. The second kappa shape index (κ2) is 4.62. The van der Waals surface area contributed by atoms with Crippen LogP contribution in [-0.2, 0) is 0 Å². The maximum absolute atomic E-state index is 6.03. The minimum absolute atomic E-state index is 0.533. The van der Waals surface area contributed by atoms with Crippen LogP contribution in [0.4, 0.5) is 5.69 Å². The van der Waals surface area contributed by atoms with Gasteiger partial charge < -0.3 is 5.32 Å². The van der Waals surface area contributed by atoms with Crippen molar-refractivity contribution < 1.29 is 0 Å². The fourth-order valence-electron chi connectivity index (χ4n) is 1.79. The second-order valence-electron chi connectivity index (χ2n) is 4.07. The third-order valence-electron chi connectivity index (χ3n) is 2.53. The van der Waals surface area contributed by atoms with Crippen LogP contribution in [0.1, 0.15) is 18.9 Å². The van der Waals surface area contributed by atoms with Crippen LogP contribution in [-0.4, -0.2) is 22.0 Å². The first-order chi connectivity index (χ1) is 7.15. The normalized spacial score (nSPS) is 25.5. The lowest BCUT2D eigenvalue weighted by Gasteiger charge is -2.14. The van der Waals surface area contributed by atoms with E-state index in [4.69, 9.17) is 11.6 Å². The average molecular weight is 243 g/mol. The SMILES string of the molecule is Cc1cnc(Cl)c(NC2CSC(C)C2)c1. The second-order valence-corrected chi connectivity index (χ2v) is 5.90. The van der Waals surface area contributed by atoms with Crippen molar-refractivity contribution in [1.29, 1.82) is 0 Å². The van der Waals surface area contributed by atoms with Crippen LogP contribution in [0.3, 0.4) is 0 Å². The van der Waals surface area contributed by atoms with Crippen LogP contribution in [0.15, 0.2) is 12.3 Å². The number of pyridine rings is 1. The predicted molar refractivity (Wildman–Crippen MR) is 67.9 cm³/mol. The van der Waals surface area contributed by atoms with Gasteiger partial charge in [0.2, 0.25) is 0 Å². The molecule has 1 aliphatic rings. The summed E-state index contributed by atoms with van der Waals surface area (Å²) < 4.78 is 0. The van der Waals surface area contributed by atoms with E-state index in [2.05, 4.69) is 23.3 Å². The third kappa shape index (κ3) is 2.79. The van der Waals surface area contributed by atoms with Gasteiger partial charge in [0.05, 0.1) is 5.69 Å². The third-order valence-corrected chi connectivity index (χ3v) is 4.19. The molecule has 2 rings (SSSR count). The van der Waals surface area contributed by atoms with E-state index < -0.39 is 0 Å². The topological polar surface area (TPSA) is 24.9 Å². The lowest BCUT2D eigenvalue weighted by atomic mass is 10.2. The number of anilines is 1. The van der Waals surface area contributed by atoms with Gasteiger partial charge in [-0.1, -0.05) is 18.5 Å². The molecule has 0 aromatic carbocycles. The molecule has 2 nitrogen and oxygen atoms in total. The van der Waals surface area contributed by atoms with Crippen molar-refractivity contribution in [2.45, 2.75) is 31.6 Å². The van der Waals surface area contributed by atoms with E-state index in [0.717, 1.165) is 22.3 Å². The number of rotatable bonds is 2. The highest BCUT2D eigenvalue weighted by Gasteiger charge is 2.22. The fraction of sp³-hybridized carbons (Fsp3) is 0.545. The number of halogens is 1. The largest absolute Gasteiger partial charge is 0.379 e. The Hall–Kier alpha value is -0.410. The summed E-state index contributed by atoms with van der Waals surface area (Å²) >= 11 is 8.04. The van der Waals surface area contributed by atoms with Gasteiger partial charge in [0.25, 0.3) is 0 Å². The lowest BCUT2D eigenvalue weighted by molar-refractivity contribution is 0.746. The van der Waals surface area contributed by atoms with Gasteiger partial charge in [0.1, 0.15) is 0 Å². The highest BCUT2D eigenvalue weighted by atomic mass is 35.5. The molecule has 0 radical (unpaired) electrons. The summed E-state index contributed by atoms with van der Waals surface area (Å²) in [5.74, 6) is 1.16. The molecule has 1 aromatic heterocycles. The van der Waals surface area contributed by atoms with E-state index in [0.29, 0.717) is 11.2 Å². The van der Waals surface area contributed by atoms with Crippen molar-refractivity contribution in [3.63, 3.8) is 0 Å². The highest BCUT2D eigenvalue weighted by Crippen LogP contribution is 2.30. The molecule has 4 heteroatoms. The summed E-state index contributed by atoms with van der Waals surface area (Å²) in [5, 5.41) is 4.79. The first kappa shape index (κ1) is 11.1. The van der Waals surface area contributed by atoms with Gasteiger partial charge in [-0.3, -0.25) is 0 Å². The summed E-state index contributed by atoms with van der Waals surface area (Å²) in [5.41, 5.74) is 2.11. The molecule has 0 spiro atoms. The number of thioether (sulfide) groups is 1. The predicted octanol–water partition coefficient (Wildman–Crippen LogP) is 3.35. The molecule has 1 fully saturated rings. The Balaban J connectivity index is 2.07. The number of aryl methyl sites for hydroxylation is 1. The minimum Gasteiger partial charge on any atom is -0.379 e. The van der Waals surface area contributed by atoms with Gasteiger partial charge in [-0.25, -0.2) is 4.98 Å². The van der Waals surface area contributed by atoms with Crippen LogP contribution < -0.4 is 5.32 Å². The molecule has 82 valence electrons. The first-order valence-electron chi connectivity index (χ1n) is 5.15. The molecule has 0 aliphatic carbocycles. The highest BCUT2D eigenvalue weighted by molar-refractivity contribution is 8.00. The van der Waals surface area contributed by atoms with Crippen LogP contribution in [0.2, 0.25) is 5.15 Å². The van der Waals surface area contributed by atoms with Gasteiger partial charge in [0, 0.05) is 23.2 Å². The van der Waals surface area contributed by atoms with Crippen LogP contribution >= 0.6 is 23.4 Å². The summed E-state index contributed by atoms with van der Waals surface area (Å²) in [6.45, 7) is 4.29. The summed E-state index contributed by atoms with van der Waals surface area (Å²) in [4.78, 5) is 4.14. The van der Waals surface area contributed by atoms with Gasteiger partial charge in [-0.15, -0.1) is 0 Å². The van der Waals surface area contributed by atoms with Crippen LogP contribution in [0.5, 0.6) is 0 Å². The Morgan fingerprint density at radius 2 is 2.40 bits per heavy atom. The quantitative estimate of drug-likeness (QED) is 0.806. The van der Waals surface area contributed by atoms with Crippen LogP contribution in [0.25, 0.3) is 0 Å². The fourth-order valence-corrected chi connectivity index (χ4v) is 3.10. The zero-order valence-electron chi connectivity index (χ0n) is 8.96. The van der Waals surface area contributed by atoms with E-state index in [1.54, 1.807) is 6.20 Å². The molecule has 2 atom stereocenters. The van der Waals surface area contributed by atoms with Crippen molar-refractivity contribution in [3.05, 3.63) is 23.0 Å². The number of nitrogens with one attached hydrogen (secondary N) is 1. The molecule has 2 heterocycles. The Bertz CT molecular complexity index is 356. The molecule has 1 aliphatic heterocycles. The van der Waals surface area contributed by atoms with Gasteiger partial charge in [-0.05, 0) is 25.0 Å². The van der Waals surface area contributed by atoms with Crippen molar-refractivity contribution in [3.8, 4) is 0 Å². The summed E-state index contributed by atoms with van der Waals surface area (Å²) in [7, 11) is 0. The molecule has 15 heavy (non-hydrogen) atoms. The monoisotopic (exact) mass is 242 g/mol.